The molecule has 0 amide bonds. The highest BCUT2D eigenvalue weighted by atomic mass is 14.6. The smallest absolute Gasteiger partial charge is 0.0393 e. The second-order valence-corrected chi connectivity index (χ2v) is 6.67. The molecule has 0 saturated heterocycles. The van der Waals surface area contributed by atoms with Gasteiger partial charge in [0.05, 0.1) is 0 Å². The minimum absolute atomic E-state index is 0.797. The van der Waals surface area contributed by atoms with E-state index < -0.39 is 0 Å². The first-order valence-corrected chi connectivity index (χ1v) is 9.09. The van der Waals surface area contributed by atoms with Crippen molar-refractivity contribution in [1.29, 1.82) is 0 Å². The van der Waals surface area contributed by atoms with Crippen LogP contribution in [0.4, 0.5) is 11.4 Å². The highest BCUT2D eigenvalue weighted by Crippen LogP contribution is 2.34. The third kappa shape index (κ3) is 3.42. The largest absolute Gasteiger partial charge is 0.398 e. The van der Waals surface area contributed by atoms with Gasteiger partial charge in [-0.25, -0.2) is 0 Å². The molecule has 2 nitrogen and oxygen atoms in total. The van der Waals surface area contributed by atoms with Gasteiger partial charge >= 0.3 is 0 Å². The summed E-state index contributed by atoms with van der Waals surface area (Å²) in [5, 5.41) is 0. The minimum Gasteiger partial charge on any atom is -0.398 e. The quantitative estimate of drug-likeness (QED) is 0.459. The van der Waals surface area contributed by atoms with Crippen molar-refractivity contribution in [3.05, 3.63) is 108 Å². The molecule has 0 aliphatic heterocycles. The zero-order valence-corrected chi connectivity index (χ0v) is 15.1. The van der Waals surface area contributed by atoms with Crippen LogP contribution in [0.1, 0.15) is 11.1 Å². The molecule has 0 fully saturated rings. The van der Waals surface area contributed by atoms with Crippen LogP contribution in [0.3, 0.4) is 0 Å². The van der Waals surface area contributed by atoms with E-state index in [1.807, 2.05) is 36.4 Å². The molecule has 0 spiro atoms. The van der Waals surface area contributed by atoms with Gasteiger partial charge in [-0.15, -0.1) is 0 Å². The molecule has 4 rings (SSSR count). The van der Waals surface area contributed by atoms with Crippen LogP contribution in [0.5, 0.6) is 0 Å². The van der Waals surface area contributed by atoms with Crippen LogP contribution in [-0.2, 0) is 6.42 Å². The van der Waals surface area contributed by atoms with E-state index in [9.17, 15) is 0 Å². The first-order chi connectivity index (χ1) is 13.2. The monoisotopic (exact) mass is 350 g/mol. The Morgan fingerprint density at radius 1 is 0.407 bits per heavy atom. The van der Waals surface area contributed by atoms with E-state index in [-0.39, 0.29) is 0 Å². The molecule has 4 aromatic carbocycles. The lowest BCUT2D eigenvalue weighted by molar-refractivity contribution is 1.20. The maximum absolute atomic E-state index is 6.24. The standard InChI is InChI=1S/C25H22N2/c26-24-15-7-5-13-22(24)20-11-3-1-9-18(20)17-19-10-2-4-12-21(19)23-14-6-8-16-25(23)27/h1-16H,17,26-27H2. The summed E-state index contributed by atoms with van der Waals surface area (Å²) in [4.78, 5) is 0. The average molecular weight is 350 g/mol. The summed E-state index contributed by atoms with van der Waals surface area (Å²) in [7, 11) is 0. The van der Waals surface area contributed by atoms with Crippen LogP contribution in [-0.4, -0.2) is 0 Å². The number of hydrogen-bond acceptors (Lipinski definition) is 2. The third-order valence-corrected chi connectivity index (χ3v) is 4.92. The Bertz CT molecular complexity index is 996. The van der Waals surface area contributed by atoms with E-state index in [2.05, 4.69) is 60.7 Å². The number of nitrogen functional groups attached to an aromatic ring is 2. The Kier molecular flexibility index (Phi) is 4.63. The molecule has 4 N–H and O–H groups in total. The van der Waals surface area contributed by atoms with Crippen molar-refractivity contribution < 1.29 is 0 Å². The number of para-hydroxylation sites is 2. The Hall–Kier alpha value is -3.52. The molecule has 0 heterocycles. The van der Waals surface area contributed by atoms with Crippen LogP contribution < -0.4 is 11.5 Å². The van der Waals surface area contributed by atoms with Crippen LogP contribution in [0, 0.1) is 0 Å². The summed E-state index contributed by atoms with van der Waals surface area (Å²) in [5.41, 5.74) is 21.1. The molecule has 0 bridgehead atoms. The number of hydrogen-bond donors (Lipinski definition) is 2. The van der Waals surface area contributed by atoms with Gasteiger partial charge in [-0.1, -0.05) is 84.9 Å². The first-order valence-electron chi connectivity index (χ1n) is 9.09. The third-order valence-electron chi connectivity index (χ3n) is 4.92. The van der Waals surface area contributed by atoms with Crippen molar-refractivity contribution in [3.63, 3.8) is 0 Å². The average Bonchev–Trinajstić information content (AvgIpc) is 2.70. The predicted octanol–water partition coefficient (Wildman–Crippen LogP) is 5.78. The van der Waals surface area contributed by atoms with E-state index in [1.165, 1.54) is 22.3 Å². The Labute approximate surface area is 160 Å². The van der Waals surface area contributed by atoms with Crippen molar-refractivity contribution in [2.24, 2.45) is 0 Å². The van der Waals surface area contributed by atoms with E-state index in [0.29, 0.717) is 0 Å². The van der Waals surface area contributed by atoms with Crippen molar-refractivity contribution in [2.75, 3.05) is 11.5 Å². The van der Waals surface area contributed by atoms with Crippen molar-refractivity contribution in [3.8, 4) is 22.3 Å². The molecule has 132 valence electrons. The van der Waals surface area contributed by atoms with E-state index in [4.69, 9.17) is 11.5 Å². The Balaban J connectivity index is 1.80. The Morgan fingerprint density at radius 3 is 1.15 bits per heavy atom. The van der Waals surface area contributed by atoms with E-state index in [0.717, 1.165) is 28.9 Å². The lowest BCUT2D eigenvalue weighted by atomic mass is 9.90. The molecule has 0 aliphatic rings. The molecular weight excluding hydrogens is 328 g/mol. The number of nitrogens with two attached hydrogens (primary N) is 2. The van der Waals surface area contributed by atoms with Crippen LogP contribution in [0.15, 0.2) is 97.1 Å². The number of benzene rings is 4. The summed E-state index contributed by atoms with van der Waals surface area (Å²) >= 11 is 0. The van der Waals surface area contributed by atoms with Crippen LogP contribution in [0.2, 0.25) is 0 Å². The SMILES string of the molecule is Nc1ccccc1-c1ccccc1Cc1ccccc1-c1ccccc1N. The fraction of sp³-hybridized carbons (Fsp3) is 0.0400. The van der Waals surface area contributed by atoms with Gasteiger partial charge in [-0.05, 0) is 40.8 Å². The van der Waals surface area contributed by atoms with Gasteiger partial charge in [0.1, 0.15) is 0 Å². The normalized spacial score (nSPS) is 10.7. The van der Waals surface area contributed by atoms with Gasteiger partial charge in [0.25, 0.3) is 0 Å². The summed E-state index contributed by atoms with van der Waals surface area (Å²) in [6, 6.07) is 33.0. The summed E-state index contributed by atoms with van der Waals surface area (Å²) in [6.07, 6.45) is 0.814. The summed E-state index contributed by atoms with van der Waals surface area (Å²) in [5.74, 6) is 0. The van der Waals surface area contributed by atoms with Crippen molar-refractivity contribution >= 4 is 11.4 Å². The zero-order valence-electron chi connectivity index (χ0n) is 15.1. The second kappa shape index (κ2) is 7.38. The van der Waals surface area contributed by atoms with Crippen molar-refractivity contribution in [1.82, 2.24) is 0 Å². The fourth-order valence-electron chi connectivity index (χ4n) is 3.56. The highest BCUT2D eigenvalue weighted by molar-refractivity contribution is 5.81. The Morgan fingerprint density at radius 2 is 0.741 bits per heavy atom. The predicted molar refractivity (Wildman–Crippen MR) is 115 cm³/mol. The lowest BCUT2D eigenvalue weighted by Crippen LogP contribution is -1.98. The molecule has 0 atom stereocenters. The number of rotatable bonds is 4. The van der Waals surface area contributed by atoms with Gasteiger partial charge in [-0.3, -0.25) is 0 Å². The van der Waals surface area contributed by atoms with Crippen molar-refractivity contribution in [2.45, 2.75) is 6.42 Å². The molecule has 2 heteroatoms. The second-order valence-electron chi connectivity index (χ2n) is 6.67. The van der Waals surface area contributed by atoms with E-state index >= 15 is 0 Å². The number of anilines is 2. The first kappa shape index (κ1) is 16.9. The van der Waals surface area contributed by atoms with E-state index in [1.54, 1.807) is 0 Å². The molecule has 0 unspecified atom stereocenters. The summed E-state index contributed by atoms with van der Waals surface area (Å²) in [6.45, 7) is 0. The minimum atomic E-state index is 0.797. The molecule has 27 heavy (non-hydrogen) atoms. The molecule has 0 aromatic heterocycles. The van der Waals surface area contributed by atoms with Gasteiger partial charge in [0.15, 0.2) is 0 Å². The molecule has 4 aromatic rings. The van der Waals surface area contributed by atoms with Gasteiger partial charge in [0, 0.05) is 22.5 Å². The maximum atomic E-state index is 6.24. The van der Waals surface area contributed by atoms with Gasteiger partial charge < -0.3 is 11.5 Å². The van der Waals surface area contributed by atoms with Gasteiger partial charge in [0.2, 0.25) is 0 Å². The van der Waals surface area contributed by atoms with Gasteiger partial charge in [-0.2, -0.15) is 0 Å². The lowest BCUT2D eigenvalue weighted by Gasteiger charge is -2.15. The van der Waals surface area contributed by atoms with Crippen LogP contribution >= 0.6 is 0 Å². The maximum Gasteiger partial charge on any atom is 0.0393 e. The molecular formula is C25H22N2. The summed E-state index contributed by atoms with van der Waals surface area (Å²) < 4.78 is 0. The molecule has 0 radical (unpaired) electrons. The van der Waals surface area contributed by atoms with Crippen LogP contribution in [0.25, 0.3) is 22.3 Å². The fourth-order valence-corrected chi connectivity index (χ4v) is 3.56. The highest BCUT2D eigenvalue weighted by Gasteiger charge is 2.12. The molecule has 0 aliphatic carbocycles. The molecule has 0 saturated carbocycles. The topological polar surface area (TPSA) is 52.0 Å². The zero-order chi connectivity index (χ0) is 18.6.